The van der Waals surface area contributed by atoms with Crippen molar-refractivity contribution >= 4 is 0 Å². The van der Waals surface area contributed by atoms with Gasteiger partial charge in [0.25, 0.3) is 0 Å². The lowest BCUT2D eigenvalue weighted by molar-refractivity contribution is -0.370. The molecule has 0 amide bonds. The van der Waals surface area contributed by atoms with Crippen LogP contribution in [0.25, 0.3) is 0 Å². The maximum Gasteiger partial charge on any atom is 0.0952 e. The molecule has 2 nitrogen and oxygen atoms in total. The Balaban J connectivity index is 3.46. The predicted octanol–water partition coefficient (Wildman–Crippen LogP) is 3.56. The van der Waals surface area contributed by atoms with Gasteiger partial charge in [-0.3, -0.25) is 0 Å². The van der Waals surface area contributed by atoms with Crippen molar-refractivity contribution in [3.8, 4) is 0 Å². The Bertz CT molecular complexity index is 125. The monoisotopic (exact) mass is 188 g/mol. The molecule has 0 N–H and O–H groups in total. The minimum Gasteiger partial charge on any atom is -0.233 e. The van der Waals surface area contributed by atoms with E-state index in [9.17, 15) is 0 Å². The van der Waals surface area contributed by atoms with Gasteiger partial charge in [-0.2, -0.15) is 0 Å². The molecule has 0 heterocycles. The first-order valence-electron chi connectivity index (χ1n) is 5.16. The van der Waals surface area contributed by atoms with Crippen LogP contribution in [-0.4, -0.2) is 11.7 Å². The minimum atomic E-state index is -0.202. The highest BCUT2D eigenvalue weighted by Crippen LogP contribution is 2.13. The topological polar surface area (TPSA) is 18.5 Å². The summed E-state index contributed by atoms with van der Waals surface area (Å²) in [4.78, 5) is 10.5. The number of hydrogen-bond acceptors (Lipinski definition) is 2. The van der Waals surface area contributed by atoms with Crippen LogP contribution in [0.1, 0.15) is 54.4 Å². The molecule has 0 aromatic carbocycles. The van der Waals surface area contributed by atoms with Crippen LogP contribution in [0, 0.1) is 5.92 Å². The fourth-order valence-electron chi connectivity index (χ4n) is 0.843. The molecule has 0 radical (unpaired) electrons. The van der Waals surface area contributed by atoms with E-state index in [4.69, 9.17) is 9.78 Å². The third-order valence-electron chi connectivity index (χ3n) is 1.61. The first kappa shape index (κ1) is 12.9. The van der Waals surface area contributed by atoms with Gasteiger partial charge in [0, 0.05) is 0 Å². The van der Waals surface area contributed by atoms with E-state index >= 15 is 0 Å². The van der Waals surface area contributed by atoms with Gasteiger partial charge in [0.05, 0.1) is 11.7 Å². The van der Waals surface area contributed by atoms with Crippen LogP contribution < -0.4 is 0 Å². The van der Waals surface area contributed by atoms with E-state index in [0.29, 0.717) is 0 Å². The molecule has 0 rings (SSSR count). The molecule has 0 aliphatic heterocycles. The third-order valence-corrected chi connectivity index (χ3v) is 1.61. The van der Waals surface area contributed by atoms with E-state index in [1.807, 2.05) is 27.7 Å². The highest BCUT2D eigenvalue weighted by molar-refractivity contribution is 4.56. The molecule has 13 heavy (non-hydrogen) atoms. The van der Waals surface area contributed by atoms with Crippen molar-refractivity contribution in [1.29, 1.82) is 0 Å². The van der Waals surface area contributed by atoms with E-state index in [2.05, 4.69) is 13.8 Å². The van der Waals surface area contributed by atoms with Crippen LogP contribution in [-0.2, 0) is 9.78 Å². The molecular weight excluding hydrogens is 164 g/mol. The van der Waals surface area contributed by atoms with Gasteiger partial charge in [0.15, 0.2) is 0 Å². The summed E-state index contributed by atoms with van der Waals surface area (Å²) in [6, 6.07) is 0. The Labute approximate surface area is 82.5 Å². The van der Waals surface area contributed by atoms with E-state index in [-0.39, 0.29) is 11.7 Å². The van der Waals surface area contributed by atoms with Gasteiger partial charge in [0.1, 0.15) is 0 Å². The third kappa shape index (κ3) is 9.84. The van der Waals surface area contributed by atoms with Crippen LogP contribution in [0.3, 0.4) is 0 Å². The van der Waals surface area contributed by atoms with Gasteiger partial charge in [-0.25, -0.2) is 9.78 Å². The molecule has 0 aromatic rings. The molecule has 0 fully saturated rings. The molecule has 80 valence electrons. The molecule has 0 saturated carbocycles. The quantitative estimate of drug-likeness (QED) is 0.485. The number of rotatable bonds is 5. The van der Waals surface area contributed by atoms with Gasteiger partial charge in [-0.15, -0.1) is 0 Å². The second-order valence-corrected chi connectivity index (χ2v) is 5.07. The second kappa shape index (κ2) is 5.61. The molecule has 0 bridgehead atoms. The summed E-state index contributed by atoms with van der Waals surface area (Å²) in [6.45, 7) is 12.5. The van der Waals surface area contributed by atoms with Crippen molar-refractivity contribution in [3.05, 3.63) is 0 Å². The van der Waals surface area contributed by atoms with E-state index in [1.54, 1.807) is 0 Å². The zero-order chi connectivity index (χ0) is 10.5. The lowest BCUT2D eigenvalue weighted by atomic mass is 10.1. The molecule has 0 aliphatic carbocycles. The van der Waals surface area contributed by atoms with Crippen LogP contribution in [0.15, 0.2) is 0 Å². The standard InChI is InChI=1S/C11H24O2/c1-9(2)7-8-10(3)12-13-11(4,5)6/h9-10H,7-8H2,1-6H3. The summed E-state index contributed by atoms with van der Waals surface area (Å²) >= 11 is 0. The molecule has 1 atom stereocenters. The zero-order valence-electron chi connectivity index (χ0n) is 9.89. The molecule has 0 aromatic heterocycles. The van der Waals surface area contributed by atoms with Crippen molar-refractivity contribution in [2.45, 2.75) is 66.1 Å². The van der Waals surface area contributed by atoms with Gasteiger partial charge in [-0.05, 0) is 46.5 Å². The molecule has 0 spiro atoms. The summed E-state index contributed by atoms with van der Waals surface area (Å²) in [6.07, 6.45) is 2.45. The van der Waals surface area contributed by atoms with Gasteiger partial charge >= 0.3 is 0 Å². The van der Waals surface area contributed by atoms with E-state index in [1.165, 1.54) is 6.42 Å². The lowest BCUT2D eigenvalue weighted by Crippen LogP contribution is -2.23. The Morgan fingerprint density at radius 2 is 1.54 bits per heavy atom. The first-order chi connectivity index (χ1) is 5.81. The Morgan fingerprint density at radius 1 is 1.00 bits per heavy atom. The Kier molecular flexibility index (Phi) is 5.57. The Hall–Kier alpha value is -0.0800. The summed E-state index contributed by atoms with van der Waals surface area (Å²) in [5.41, 5.74) is -0.202. The lowest BCUT2D eigenvalue weighted by Gasteiger charge is -2.21. The fourth-order valence-corrected chi connectivity index (χ4v) is 0.843. The van der Waals surface area contributed by atoms with Crippen molar-refractivity contribution in [2.75, 3.05) is 0 Å². The smallest absolute Gasteiger partial charge is 0.0952 e. The average Bonchev–Trinajstić information content (AvgIpc) is 1.95. The van der Waals surface area contributed by atoms with E-state index in [0.717, 1.165) is 12.3 Å². The van der Waals surface area contributed by atoms with Crippen LogP contribution in [0.2, 0.25) is 0 Å². The van der Waals surface area contributed by atoms with Crippen LogP contribution in [0.4, 0.5) is 0 Å². The zero-order valence-corrected chi connectivity index (χ0v) is 9.89. The van der Waals surface area contributed by atoms with Crippen molar-refractivity contribution in [3.63, 3.8) is 0 Å². The van der Waals surface area contributed by atoms with Crippen LogP contribution >= 0.6 is 0 Å². The average molecular weight is 188 g/mol. The maximum absolute atomic E-state index is 5.26. The fraction of sp³-hybridized carbons (Fsp3) is 1.00. The molecule has 1 unspecified atom stereocenters. The molecule has 2 heteroatoms. The SMILES string of the molecule is CC(C)CCC(C)OOC(C)(C)C. The first-order valence-corrected chi connectivity index (χ1v) is 5.16. The number of hydrogen-bond donors (Lipinski definition) is 0. The summed E-state index contributed by atoms with van der Waals surface area (Å²) < 4.78 is 0. The largest absolute Gasteiger partial charge is 0.233 e. The summed E-state index contributed by atoms with van der Waals surface area (Å²) in [7, 11) is 0. The molecule has 0 saturated heterocycles. The van der Waals surface area contributed by atoms with Gasteiger partial charge < -0.3 is 0 Å². The minimum absolute atomic E-state index is 0.196. The van der Waals surface area contributed by atoms with Crippen molar-refractivity contribution < 1.29 is 9.78 Å². The Morgan fingerprint density at radius 3 is 1.92 bits per heavy atom. The van der Waals surface area contributed by atoms with E-state index < -0.39 is 0 Å². The highest BCUT2D eigenvalue weighted by Gasteiger charge is 2.14. The van der Waals surface area contributed by atoms with Crippen LogP contribution in [0.5, 0.6) is 0 Å². The molecular formula is C11H24O2. The summed E-state index contributed by atoms with van der Waals surface area (Å²) in [5, 5.41) is 0. The normalized spacial score (nSPS) is 15.0. The van der Waals surface area contributed by atoms with Crippen molar-refractivity contribution in [1.82, 2.24) is 0 Å². The maximum atomic E-state index is 5.26. The van der Waals surface area contributed by atoms with Crippen molar-refractivity contribution in [2.24, 2.45) is 5.92 Å². The predicted molar refractivity (Wildman–Crippen MR) is 55.5 cm³/mol. The second-order valence-electron chi connectivity index (χ2n) is 5.07. The molecule has 0 aliphatic rings. The van der Waals surface area contributed by atoms with Gasteiger partial charge in [-0.1, -0.05) is 13.8 Å². The summed E-state index contributed by atoms with van der Waals surface area (Å²) in [5.74, 6) is 0.737. The van der Waals surface area contributed by atoms with Gasteiger partial charge in [0.2, 0.25) is 0 Å². The highest BCUT2D eigenvalue weighted by atomic mass is 17.2.